The highest BCUT2D eigenvalue weighted by atomic mass is 32.2. The van der Waals surface area contributed by atoms with Crippen LogP contribution in [0.25, 0.3) is 0 Å². The number of amides is 2. The van der Waals surface area contributed by atoms with Gasteiger partial charge in [0.25, 0.3) is 15.9 Å². The number of nitrogens with one attached hydrogen (secondary N) is 3. The number of rotatable bonds is 6. The van der Waals surface area contributed by atoms with Gasteiger partial charge in [-0.2, -0.15) is 0 Å². The van der Waals surface area contributed by atoms with Crippen molar-refractivity contribution in [1.29, 1.82) is 0 Å². The number of carbonyl (C=O) groups is 2. The van der Waals surface area contributed by atoms with Crippen LogP contribution in [-0.2, 0) is 14.8 Å². The Morgan fingerprint density at radius 2 is 1.50 bits per heavy atom. The molecule has 0 saturated heterocycles. The smallest absolute Gasteiger partial charge is 0.261 e. The lowest BCUT2D eigenvalue weighted by molar-refractivity contribution is -0.114. The lowest BCUT2D eigenvalue weighted by Gasteiger charge is -2.13. The zero-order valence-electron chi connectivity index (χ0n) is 16.5. The molecule has 3 aromatic rings. The largest absolute Gasteiger partial charge is 0.326 e. The molecule has 0 aliphatic heterocycles. The summed E-state index contributed by atoms with van der Waals surface area (Å²) in [5.41, 5.74) is 2.44. The molecule has 0 aliphatic rings. The van der Waals surface area contributed by atoms with Gasteiger partial charge in [-0.25, -0.2) is 8.42 Å². The van der Waals surface area contributed by atoms with Gasteiger partial charge in [0.2, 0.25) is 5.91 Å². The van der Waals surface area contributed by atoms with Crippen molar-refractivity contribution in [2.75, 3.05) is 15.4 Å². The van der Waals surface area contributed by atoms with Gasteiger partial charge in [0.05, 0.1) is 10.6 Å². The molecule has 7 nitrogen and oxygen atoms in total. The molecule has 3 N–H and O–H groups in total. The molecule has 0 aliphatic carbocycles. The highest BCUT2D eigenvalue weighted by molar-refractivity contribution is 7.92. The molecule has 0 unspecified atom stereocenters. The number of benzene rings is 3. The molecule has 0 bridgehead atoms. The van der Waals surface area contributed by atoms with Crippen molar-refractivity contribution in [3.8, 4) is 0 Å². The minimum absolute atomic E-state index is 0.0580. The molecule has 154 valence electrons. The van der Waals surface area contributed by atoms with Crippen molar-refractivity contribution in [2.45, 2.75) is 18.7 Å². The van der Waals surface area contributed by atoms with Gasteiger partial charge in [-0.15, -0.1) is 0 Å². The zero-order valence-corrected chi connectivity index (χ0v) is 17.3. The van der Waals surface area contributed by atoms with Crippen LogP contribution in [0.3, 0.4) is 0 Å². The number of hydrogen-bond acceptors (Lipinski definition) is 4. The predicted molar refractivity (Wildman–Crippen MR) is 117 cm³/mol. The van der Waals surface area contributed by atoms with Crippen LogP contribution in [0.5, 0.6) is 0 Å². The molecule has 0 atom stereocenters. The molecule has 3 aromatic carbocycles. The molecular formula is C22H21N3O4S. The lowest BCUT2D eigenvalue weighted by Crippen LogP contribution is -2.15. The summed E-state index contributed by atoms with van der Waals surface area (Å²) < 4.78 is 28.0. The van der Waals surface area contributed by atoms with Crippen LogP contribution >= 0.6 is 0 Å². The van der Waals surface area contributed by atoms with Gasteiger partial charge < -0.3 is 10.6 Å². The maximum Gasteiger partial charge on any atom is 0.261 e. The zero-order chi connectivity index (χ0) is 21.7. The Hall–Kier alpha value is -3.65. The second-order valence-electron chi connectivity index (χ2n) is 6.66. The maximum absolute atomic E-state index is 12.8. The second-order valence-corrected chi connectivity index (χ2v) is 8.35. The van der Waals surface area contributed by atoms with Crippen molar-refractivity contribution >= 4 is 38.9 Å². The fourth-order valence-electron chi connectivity index (χ4n) is 2.81. The van der Waals surface area contributed by atoms with Crippen LogP contribution in [0.1, 0.15) is 22.8 Å². The minimum atomic E-state index is -3.85. The van der Waals surface area contributed by atoms with Gasteiger partial charge in [-0.1, -0.05) is 24.3 Å². The summed E-state index contributed by atoms with van der Waals surface area (Å²) in [4.78, 5) is 23.6. The first kappa shape index (κ1) is 21.1. The van der Waals surface area contributed by atoms with Gasteiger partial charge in [-0.05, 0) is 61.0 Å². The molecule has 2 amide bonds. The Morgan fingerprint density at radius 1 is 0.800 bits per heavy atom. The van der Waals surface area contributed by atoms with E-state index >= 15 is 0 Å². The second kappa shape index (κ2) is 8.79. The van der Waals surface area contributed by atoms with Gasteiger partial charge in [0, 0.05) is 23.9 Å². The Labute approximate surface area is 175 Å². The lowest BCUT2D eigenvalue weighted by atomic mass is 10.1. The average Bonchev–Trinajstić information content (AvgIpc) is 2.69. The topological polar surface area (TPSA) is 104 Å². The minimum Gasteiger partial charge on any atom is -0.326 e. The van der Waals surface area contributed by atoms with Crippen molar-refractivity contribution in [3.63, 3.8) is 0 Å². The highest BCUT2D eigenvalue weighted by Gasteiger charge is 2.16. The van der Waals surface area contributed by atoms with Crippen LogP contribution in [0.15, 0.2) is 77.7 Å². The fourth-order valence-corrected chi connectivity index (χ4v) is 3.94. The van der Waals surface area contributed by atoms with E-state index in [-0.39, 0.29) is 16.7 Å². The monoisotopic (exact) mass is 423 g/mol. The van der Waals surface area contributed by atoms with Gasteiger partial charge in [-0.3, -0.25) is 14.3 Å². The average molecular weight is 423 g/mol. The number of anilines is 3. The summed E-state index contributed by atoms with van der Waals surface area (Å²) >= 11 is 0. The first-order chi connectivity index (χ1) is 14.2. The fraction of sp³-hybridized carbons (Fsp3) is 0.0909. The molecule has 0 aromatic heterocycles. The number of hydrogen-bond donors (Lipinski definition) is 3. The third kappa shape index (κ3) is 5.24. The van der Waals surface area contributed by atoms with Crippen molar-refractivity contribution in [3.05, 3.63) is 83.9 Å². The number of aryl methyl sites for hydroxylation is 1. The van der Waals surface area contributed by atoms with Crippen molar-refractivity contribution in [1.82, 2.24) is 0 Å². The van der Waals surface area contributed by atoms with Crippen molar-refractivity contribution in [2.24, 2.45) is 0 Å². The molecule has 0 fully saturated rings. The summed E-state index contributed by atoms with van der Waals surface area (Å²) in [7, 11) is -3.85. The van der Waals surface area contributed by atoms with E-state index in [1.54, 1.807) is 55.5 Å². The quantitative estimate of drug-likeness (QED) is 0.557. The highest BCUT2D eigenvalue weighted by Crippen LogP contribution is 2.23. The van der Waals surface area contributed by atoms with E-state index in [0.717, 1.165) is 0 Å². The van der Waals surface area contributed by atoms with Crippen LogP contribution in [0.2, 0.25) is 0 Å². The molecule has 0 heterocycles. The Bertz CT molecular complexity index is 1190. The van der Waals surface area contributed by atoms with E-state index in [4.69, 9.17) is 0 Å². The molecule has 0 radical (unpaired) electrons. The molecule has 0 saturated carbocycles. The molecular weight excluding hydrogens is 402 g/mol. The van der Waals surface area contributed by atoms with E-state index in [1.165, 1.54) is 25.1 Å². The first-order valence-electron chi connectivity index (χ1n) is 9.12. The number of carbonyl (C=O) groups excluding carboxylic acids is 2. The predicted octanol–water partition coefficient (Wildman–Crippen LogP) is 4.01. The molecule has 0 spiro atoms. The van der Waals surface area contributed by atoms with Gasteiger partial charge >= 0.3 is 0 Å². The standard InChI is InChI=1S/C22H21N3O4S/c1-15-13-20(11-12-21(15)24-22(27)17-7-4-3-5-8-17)30(28,29)25-19-10-6-9-18(14-19)23-16(2)26/h3-14,25H,1-2H3,(H,23,26)(H,24,27). The SMILES string of the molecule is CC(=O)Nc1cccc(NS(=O)(=O)c2ccc(NC(=O)c3ccccc3)c(C)c2)c1. The maximum atomic E-state index is 12.8. The molecule has 30 heavy (non-hydrogen) atoms. The van der Waals surface area contributed by atoms with Gasteiger partial charge in [0.15, 0.2) is 0 Å². The summed E-state index contributed by atoms with van der Waals surface area (Å²) in [5.74, 6) is -0.527. The van der Waals surface area contributed by atoms with Crippen LogP contribution in [0, 0.1) is 6.92 Å². The molecule has 3 rings (SSSR count). The van der Waals surface area contributed by atoms with Crippen LogP contribution in [-0.4, -0.2) is 20.2 Å². The van der Waals surface area contributed by atoms with E-state index in [2.05, 4.69) is 15.4 Å². The van der Waals surface area contributed by atoms with E-state index in [1.807, 2.05) is 6.07 Å². The Balaban J connectivity index is 1.78. The summed E-state index contributed by atoms with van der Waals surface area (Å²) in [6, 6.07) is 19.6. The number of sulfonamides is 1. The van der Waals surface area contributed by atoms with Crippen molar-refractivity contribution < 1.29 is 18.0 Å². The van der Waals surface area contributed by atoms with Gasteiger partial charge in [0.1, 0.15) is 0 Å². The van der Waals surface area contributed by atoms with E-state index < -0.39 is 10.0 Å². The van der Waals surface area contributed by atoms with E-state index in [0.29, 0.717) is 28.2 Å². The van der Waals surface area contributed by atoms with Crippen LogP contribution < -0.4 is 15.4 Å². The Morgan fingerprint density at radius 3 is 2.17 bits per heavy atom. The summed E-state index contributed by atoms with van der Waals surface area (Å²) in [6.07, 6.45) is 0. The Kier molecular flexibility index (Phi) is 6.17. The normalized spacial score (nSPS) is 10.9. The summed E-state index contributed by atoms with van der Waals surface area (Å²) in [6.45, 7) is 3.09. The summed E-state index contributed by atoms with van der Waals surface area (Å²) in [5, 5.41) is 5.39. The molecule has 8 heteroatoms. The van der Waals surface area contributed by atoms with Crippen LogP contribution in [0.4, 0.5) is 17.1 Å². The third-order valence-electron chi connectivity index (χ3n) is 4.23. The van der Waals surface area contributed by atoms with E-state index in [9.17, 15) is 18.0 Å². The first-order valence-corrected chi connectivity index (χ1v) is 10.6. The third-order valence-corrected chi connectivity index (χ3v) is 5.61.